The second-order valence-electron chi connectivity index (χ2n) is 6.28. The van der Waals surface area contributed by atoms with Crippen molar-refractivity contribution in [2.75, 3.05) is 19.6 Å². The standard InChI is InChI=1S/C15H30N2/c1-13(2)15-8-4-6-11-17(15)12-9-14-7-3-5-10-16-14/h13-16H,3-12H2,1-2H3/t14-,15+/m1/s1. The lowest BCUT2D eigenvalue weighted by Crippen LogP contribution is -2.45. The summed E-state index contributed by atoms with van der Waals surface area (Å²) in [5.41, 5.74) is 0. The zero-order valence-corrected chi connectivity index (χ0v) is 11.8. The number of nitrogens with zero attached hydrogens (tertiary/aromatic N) is 1. The van der Waals surface area contributed by atoms with Crippen LogP contribution in [0, 0.1) is 5.92 Å². The molecule has 2 fully saturated rings. The summed E-state index contributed by atoms with van der Waals surface area (Å²) >= 11 is 0. The maximum Gasteiger partial charge on any atom is 0.0118 e. The van der Waals surface area contributed by atoms with Gasteiger partial charge < -0.3 is 10.2 Å². The van der Waals surface area contributed by atoms with Gasteiger partial charge in [0.25, 0.3) is 0 Å². The number of rotatable bonds is 4. The topological polar surface area (TPSA) is 15.3 Å². The Balaban J connectivity index is 1.75. The van der Waals surface area contributed by atoms with Crippen molar-refractivity contribution in [3.8, 4) is 0 Å². The molecule has 2 nitrogen and oxygen atoms in total. The van der Waals surface area contributed by atoms with Crippen LogP contribution in [0.15, 0.2) is 0 Å². The fourth-order valence-corrected chi connectivity index (χ4v) is 3.54. The lowest BCUT2D eigenvalue weighted by atomic mass is 9.92. The van der Waals surface area contributed by atoms with E-state index in [-0.39, 0.29) is 0 Å². The summed E-state index contributed by atoms with van der Waals surface area (Å²) in [6.45, 7) is 8.69. The van der Waals surface area contributed by atoms with E-state index < -0.39 is 0 Å². The molecule has 17 heavy (non-hydrogen) atoms. The molecule has 2 saturated heterocycles. The second-order valence-corrected chi connectivity index (χ2v) is 6.28. The summed E-state index contributed by atoms with van der Waals surface area (Å²) in [4.78, 5) is 2.77. The predicted octanol–water partition coefficient (Wildman–Crippen LogP) is 3.03. The maximum absolute atomic E-state index is 3.68. The smallest absolute Gasteiger partial charge is 0.0118 e. The summed E-state index contributed by atoms with van der Waals surface area (Å²) in [5, 5.41) is 3.68. The van der Waals surface area contributed by atoms with E-state index >= 15 is 0 Å². The Labute approximate surface area is 107 Å². The van der Waals surface area contributed by atoms with Crippen LogP contribution >= 0.6 is 0 Å². The van der Waals surface area contributed by atoms with Gasteiger partial charge in [-0.05, 0) is 57.7 Å². The van der Waals surface area contributed by atoms with Crippen molar-refractivity contribution in [3.05, 3.63) is 0 Å². The Morgan fingerprint density at radius 2 is 1.94 bits per heavy atom. The first-order valence-corrected chi connectivity index (χ1v) is 7.75. The number of piperidine rings is 2. The van der Waals surface area contributed by atoms with E-state index in [4.69, 9.17) is 0 Å². The monoisotopic (exact) mass is 238 g/mol. The molecule has 0 aromatic carbocycles. The van der Waals surface area contributed by atoms with Crippen LogP contribution in [0.2, 0.25) is 0 Å². The molecule has 0 aliphatic carbocycles. The SMILES string of the molecule is CC(C)[C@@H]1CCCCN1CC[C@H]1CCCCN1. The van der Waals surface area contributed by atoms with Crippen LogP contribution in [0.5, 0.6) is 0 Å². The fraction of sp³-hybridized carbons (Fsp3) is 1.00. The van der Waals surface area contributed by atoms with E-state index in [0.29, 0.717) is 0 Å². The summed E-state index contributed by atoms with van der Waals surface area (Å²) in [6.07, 6.45) is 9.88. The molecule has 0 bridgehead atoms. The molecule has 2 heteroatoms. The van der Waals surface area contributed by atoms with Crippen molar-refractivity contribution < 1.29 is 0 Å². The Morgan fingerprint density at radius 1 is 1.12 bits per heavy atom. The number of hydrogen-bond acceptors (Lipinski definition) is 2. The highest BCUT2D eigenvalue weighted by Crippen LogP contribution is 2.23. The first-order valence-electron chi connectivity index (χ1n) is 7.75. The molecule has 1 N–H and O–H groups in total. The third kappa shape index (κ3) is 3.96. The Hall–Kier alpha value is -0.0800. The zero-order valence-electron chi connectivity index (χ0n) is 11.8. The molecule has 0 aromatic heterocycles. The minimum Gasteiger partial charge on any atom is -0.314 e. The number of nitrogens with one attached hydrogen (secondary N) is 1. The Morgan fingerprint density at radius 3 is 2.65 bits per heavy atom. The van der Waals surface area contributed by atoms with Gasteiger partial charge >= 0.3 is 0 Å². The van der Waals surface area contributed by atoms with E-state index in [1.54, 1.807) is 0 Å². The predicted molar refractivity (Wildman–Crippen MR) is 74.3 cm³/mol. The highest BCUT2D eigenvalue weighted by Gasteiger charge is 2.25. The van der Waals surface area contributed by atoms with Gasteiger partial charge in [-0.2, -0.15) is 0 Å². The lowest BCUT2D eigenvalue weighted by molar-refractivity contribution is 0.105. The van der Waals surface area contributed by atoms with E-state index in [1.807, 2.05) is 0 Å². The molecule has 0 radical (unpaired) electrons. The van der Waals surface area contributed by atoms with Gasteiger partial charge in [0.15, 0.2) is 0 Å². The maximum atomic E-state index is 3.68. The lowest BCUT2D eigenvalue weighted by Gasteiger charge is -2.39. The van der Waals surface area contributed by atoms with Crippen LogP contribution in [0.3, 0.4) is 0 Å². The van der Waals surface area contributed by atoms with Gasteiger partial charge in [-0.15, -0.1) is 0 Å². The van der Waals surface area contributed by atoms with Gasteiger partial charge in [0.2, 0.25) is 0 Å². The fourth-order valence-electron chi connectivity index (χ4n) is 3.54. The molecule has 0 unspecified atom stereocenters. The van der Waals surface area contributed by atoms with E-state index in [1.165, 1.54) is 64.6 Å². The van der Waals surface area contributed by atoms with Gasteiger partial charge in [0.1, 0.15) is 0 Å². The minimum atomic E-state index is 0.804. The van der Waals surface area contributed by atoms with Crippen LogP contribution in [-0.4, -0.2) is 36.6 Å². The van der Waals surface area contributed by atoms with Crippen LogP contribution < -0.4 is 5.32 Å². The quantitative estimate of drug-likeness (QED) is 0.810. The number of likely N-dealkylation sites (tertiary alicyclic amines) is 1. The molecule has 2 heterocycles. The largest absolute Gasteiger partial charge is 0.314 e. The van der Waals surface area contributed by atoms with Crippen LogP contribution in [0.25, 0.3) is 0 Å². The first-order chi connectivity index (χ1) is 8.27. The molecule has 100 valence electrons. The third-order valence-electron chi connectivity index (χ3n) is 4.61. The normalized spacial score (nSPS) is 31.9. The Bertz CT molecular complexity index is 209. The average molecular weight is 238 g/mol. The summed E-state index contributed by atoms with van der Waals surface area (Å²) < 4.78 is 0. The van der Waals surface area contributed by atoms with Crippen molar-refractivity contribution in [2.45, 2.75) is 70.9 Å². The molecule has 0 spiro atoms. The molecule has 0 aromatic rings. The van der Waals surface area contributed by atoms with E-state index in [0.717, 1.165) is 18.0 Å². The van der Waals surface area contributed by atoms with Crippen LogP contribution in [0.1, 0.15) is 58.8 Å². The summed E-state index contributed by atoms with van der Waals surface area (Å²) in [5.74, 6) is 0.828. The summed E-state index contributed by atoms with van der Waals surface area (Å²) in [7, 11) is 0. The van der Waals surface area contributed by atoms with Crippen molar-refractivity contribution in [1.29, 1.82) is 0 Å². The van der Waals surface area contributed by atoms with Gasteiger partial charge in [-0.1, -0.05) is 26.7 Å². The van der Waals surface area contributed by atoms with Crippen molar-refractivity contribution in [2.24, 2.45) is 5.92 Å². The highest BCUT2D eigenvalue weighted by atomic mass is 15.2. The van der Waals surface area contributed by atoms with Crippen LogP contribution in [0.4, 0.5) is 0 Å². The first kappa shape index (κ1) is 13.4. The van der Waals surface area contributed by atoms with E-state index in [2.05, 4.69) is 24.1 Å². The summed E-state index contributed by atoms with van der Waals surface area (Å²) in [6, 6.07) is 1.66. The molecular weight excluding hydrogens is 208 g/mol. The van der Waals surface area contributed by atoms with Crippen molar-refractivity contribution in [3.63, 3.8) is 0 Å². The minimum absolute atomic E-state index is 0.804. The molecule has 0 amide bonds. The Kier molecular flexibility index (Phi) is 5.30. The van der Waals surface area contributed by atoms with Crippen LogP contribution in [-0.2, 0) is 0 Å². The molecule has 0 saturated carbocycles. The van der Waals surface area contributed by atoms with E-state index in [9.17, 15) is 0 Å². The van der Waals surface area contributed by atoms with Crippen molar-refractivity contribution >= 4 is 0 Å². The van der Waals surface area contributed by atoms with Gasteiger partial charge in [-0.25, -0.2) is 0 Å². The molecule has 2 aliphatic heterocycles. The highest BCUT2D eigenvalue weighted by molar-refractivity contribution is 4.81. The van der Waals surface area contributed by atoms with Gasteiger partial charge in [0, 0.05) is 12.1 Å². The molecule has 2 aliphatic rings. The van der Waals surface area contributed by atoms with Gasteiger partial charge in [-0.3, -0.25) is 0 Å². The number of hydrogen-bond donors (Lipinski definition) is 1. The zero-order chi connectivity index (χ0) is 12.1. The molecule has 2 atom stereocenters. The van der Waals surface area contributed by atoms with Gasteiger partial charge in [0.05, 0.1) is 0 Å². The molecular formula is C15H30N2. The van der Waals surface area contributed by atoms with Crippen molar-refractivity contribution in [1.82, 2.24) is 10.2 Å². The third-order valence-corrected chi connectivity index (χ3v) is 4.61. The average Bonchev–Trinajstić information content (AvgIpc) is 2.38. The molecule has 2 rings (SSSR count). The second kappa shape index (κ2) is 6.75.